The topological polar surface area (TPSA) is 38.3 Å². The molecule has 4 aliphatic carbocycles. The number of hydrogen-bond acceptors (Lipinski definition) is 2. The van der Waals surface area contributed by atoms with Crippen LogP contribution in [0, 0.1) is 46.3 Å². The van der Waals surface area contributed by atoms with Gasteiger partial charge in [-0.25, -0.2) is 0 Å². The van der Waals surface area contributed by atoms with E-state index in [-0.39, 0.29) is 5.91 Å². The SMILES string of the molecule is C=C(C)C(=O)NCCOC1CCC2(C)C(CCC3C4CCC(CCCCC(C)C)C4(C)CCC32)C1. The predicted molar refractivity (Wildman–Crippen MR) is 146 cm³/mol. The maximum Gasteiger partial charge on any atom is 0.246 e. The lowest BCUT2D eigenvalue weighted by atomic mass is 9.44. The van der Waals surface area contributed by atoms with Crippen molar-refractivity contribution in [2.45, 2.75) is 124 Å². The van der Waals surface area contributed by atoms with Crippen molar-refractivity contribution in [3.63, 3.8) is 0 Å². The first-order valence-corrected chi connectivity index (χ1v) is 15.2. The van der Waals surface area contributed by atoms with E-state index >= 15 is 0 Å². The summed E-state index contributed by atoms with van der Waals surface area (Å²) in [6.45, 7) is 16.8. The largest absolute Gasteiger partial charge is 0.376 e. The molecule has 3 nitrogen and oxygen atoms in total. The van der Waals surface area contributed by atoms with Gasteiger partial charge in [0, 0.05) is 12.1 Å². The van der Waals surface area contributed by atoms with Crippen LogP contribution in [0.3, 0.4) is 0 Å². The summed E-state index contributed by atoms with van der Waals surface area (Å²) in [4.78, 5) is 11.7. The normalized spacial score (nSPS) is 40.6. The van der Waals surface area contributed by atoms with Gasteiger partial charge in [-0.15, -0.1) is 0 Å². The van der Waals surface area contributed by atoms with E-state index in [1.807, 2.05) is 0 Å². The maximum absolute atomic E-state index is 11.7. The monoisotopic (exact) mass is 485 g/mol. The number of nitrogens with one attached hydrogen (secondary N) is 1. The highest BCUT2D eigenvalue weighted by Crippen LogP contribution is 2.68. The van der Waals surface area contributed by atoms with Crippen LogP contribution < -0.4 is 5.32 Å². The quantitative estimate of drug-likeness (QED) is 0.252. The fraction of sp³-hybridized carbons (Fsp3) is 0.906. The van der Waals surface area contributed by atoms with Crippen LogP contribution in [0.15, 0.2) is 12.2 Å². The zero-order valence-electron chi connectivity index (χ0n) is 23.7. The first-order valence-electron chi connectivity index (χ1n) is 15.2. The lowest BCUT2D eigenvalue weighted by Gasteiger charge is -2.61. The third kappa shape index (κ3) is 5.70. The first-order chi connectivity index (χ1) is 16.6. The van der Waals surface area contributed by atoms with E-state index in [1.165, 1.54) is 83.5 Å². The van der Waals surface area contributed by atoms with Crippen LogP contribution in [0.2, 0.25) is 0 Å². The van der Waals surface area contributed by atoms with Gasteiger partial charge < -0.3 is 10.1 Å². The van der Waals surface area contributed by atoms with Gasteiger partial charge in [-0.3, -0.25) is 4.79 Å². The van der Waals surface area contributed by atoms with Gasteiger partial charge in [0.2, 0.25) is 5.91 Å². The fourth-order valence-corrected chi connectivity index (χ4v) is 9.44. The average Bonchev–Trinajstić information content (AvgIpc) is 3.15. The van der Waals surface area contributed by atoms with Crippen molar-refractivity contribution in [2.75, 3.05) is 13.2 Å². The Morgan fingerprint density at radius 2 is 1.74 bits per heavy atom. The van der Waals surface area contributed by atoms with Crippen molar-refractivity contribution in [2.24, 2.45) is 46.3 Å². The molecule has 4 aliphatic rings. The molecule has 0 bridgehead atoms. The summed E-state index contributed by atoms with van der Waals surface area (Å²) in [6, 6.07) is 0. The van der Waals surface area contributed by atoms with Crippen molar-refractivity contribution in [3.05, 3.63) is 12.2 Å². The van der Waals surface area contributed by atoms with Gasteiger partial charge in [0.15, 0.2) is 0 Å². The number of amides is 1. The number of fused-ring (bicyclic) bond motifs is 5. The van der Waals surface area contributed by atoms with Crippen molar-refractivity contribution < 1.29 is 9.53 Å². The second-order valence-corrected chi connectivity index (χ2v) is 14.0. The Hall–Kier alpha value is -0.830. The van der Waals surface area contributed by atoms with Gasteiger partial charge in [-0.1, -0.05) is 53.5 Å². The Morgan fingerprint density at radius 1 is 1.00 bits per heavy atom. The Morgan fingerprint density at radius 3 is 2.49 bits per heavy atom. The maximum atomic E-state index is 11.7. The molecule has 0 aromatic carbocycles. The Balaban J connectivity index is 1.29. The molecule has 4 saturated carbocycles. The van der Waals surface area contributed by atoms with Crippen molar-refractivity contribution in [1.82, 2.24) is 5.32 Å². The highest BCUT2D eigenvalue weighted by molar-refractivity contribution is 5.92. The van der Waals surface area contributed by atoms with E-state index < -0.39 is 0 Å². The molecule has 200 valence electrons. The van der Waals surface area contributed by atoms with E-state index in [0.717, 1.165) is 35.5 Å². The highest BCUT2D eigenvalue weighted by Gasteiger charge is 2.59. The second kappa shape index (κ2) is 11.3. The summed E-state index contributed by atoms with van der Waals surface area (Å²) in [5.74, 6) is 5.51. The van der Waals surface area contributed by atoms with Crippen LogP contribution in [0.25, 0.3) is 0 Å². The average molecular weight is 486 g/mol. The van der Waals surface area contributed by atoms with Crippen LogP contribution in [-0.2, 0) is 9.53 Å². The van der Waals surface area contributed by atoms with E-state index in [4.69, 9.17) is 4.74 Å². The summed E-state index contributed by atoms with van der Waals surface area (Å²) in [5.41, 5.74) is 1.71. The zero-order valence-corrected chi connectivity index (χ0v) is 23.7. The molecule has 4 rings (SSSR count). The molecule has 0 spiro atoms. The minimum absolute atomic E-state index is 0.0582. The minimum atomic E-state index is -0.0582. The van der Waals surface area contributed by atoms with Gasteiger partial charge in [0.25, 0.3) is 0 Å². The third-order valence-corrected chi connectivity index (χ3v) is 11.5. The van der Waals surface area contributed by atoms with Gasteiger partial charge in [-0.05, 0) is 117 Å². The smallest absolute Gasteiger partial charge is 0.246 e. The highest BCUT2D eigenvalue weighted by atomic mass is 16.5. The Labute approximate surface area is 216 Å². The zero-order chi connectivity index (χ0) is 25.2. The molecule has 1 amide bonds. The number of rotatable bonds is 10. The number of unbranched alkanes of at least 4 members (excludes halogenated alkanes) is 1. The van der Waals surface area contributed by atoms with Crippen LogP contribution in [0.4, 0.5) is 0 Å². The molecule has 0 saturated heterocycles. The minimum Gasteiger partial charge on any atom is -0.376 e. The summed E-state index contributed by atoms with van der Waals surface area (Å²) < 4.78 is 6.26. The Kier molecular flexibility index (Phi) is 8.77. The first kappa shape index (κ1) is 27.2. The van der Waals surface area contributed by atoms with Gasteiger partial charge >= 0.3 is 0 Å². The van der Waals surface area contributed by atoms with Gasteiger partial charge in [0.1, 0.15) is 0 Å². The molecule has 8 unspecified atom stereocenters. The predicted octanol–water partition coefficient (Wildman–Crippen LogP) is 7.94. The molecule has 1 N–H and O–H groups in total. The van der Waals surface area contributed by atoms with Crippen LogP contribution in [0.1, 0.15) is 118 Å². The molecule has 0 radical (unpaired) electrons. The summed E-state index contributed by atoms with van der Waals surface area (Å²) >= 11 is 0. The van der Waals surface area contributed by atoms with Crippen LogP contribution >= 0.6 is 0 Å². The molecule has 8 atom stereocenters. The molecule has 35 heavy (non-hydrogen) atoms. The number of ether oxygens (including phenoxy) is 1. The van der Waals surface area contributed by atoms with E-state index in [0.29, 0.717) is 35.7 Å². The molecular weight excluding hydrogens is 430 g/mol. The second-order valence-electron chi connectivity index (χ2n) is 14.0. The number of carbonyl (C=O) groups excluding carboxylic acids is 1. The van der Waals surface area contributed by atoms with Crippen LogP contribution in [-0.4, -0.2) is 25.2 Å². The standard InChI is InChI=1S/C32H55NO2/c1-22(2)9-7-8-10-24-12-14-28-27-13-11-25-21-26(35-20-19-33-30(34)23(3)4)15-17-32(25,6)29(27)16-18-31(24,28)5/h22,24-29H,3,7-21H2,1-2,4-6H3,(H,33,34). The van der Waals surface area contributed by atoms with E-state index in [2.05, 4.69) is 39.6 Å². The Bertz CT molecular complexity index is 746. The molecular formula is C32H55NO2. The molecule has 0 aromatic heterocycles. The van der Waals surface area contributed by atoms with Crippen molar-refractivity contribution in [1.29, 1.82) is 0 Å². The van der Waals surface area contributed by atoms with E-state index in [9.17, 15) is 4.79 Å². The number of hydrogen-bond donors (Lipinski definition) is 1. The van der Waals surface area contributed by atoms with Gasteiger partial charge in [-0.2, -0.15) is 0 Å². The molecule has 0 heterocycles. The van der Waals surface area contributed by atoms with Crippen molar-refractivity contribution in [3.8, 4) is 0 Å². The third-order valence-electron chi connectivity index (χ3n) is 11.5. The fourth-order valence-electron chi connectivity index (χ4n) is 9.44. The van der Waals surface area contributed by atoms with Crippen molar-refractivity contribution >= 4 is 5.91 Å². The molecule has 3 heteroatoms. The van der Waals surface area contributed by atoms with Crippen LogP contribution in [0.5, 0.6) is 0 Å². The lowest BCUT2D eigenvalue weighted by Crippen LogP contribution is -2.54. The number of carbonyl (C=O) groups is 1. The lowest BCUT2D eigenvalue weighted by molar-refractivity contribution is -0.135. The summed E-state index contributed by atoms with van der Waals surface area (Å²) in [5, 5.41) is 2.91. The molecule has 0 aliphatic heterocycles. The van der Waals surface area contributed by atoms with E-state index in [1.54, 1.807) is 6.92 Å². The summed E-state index contributed by atoms with van der Waals surface area (Å²) in [6.07, 6.45) is 18.8. The summed E-state index contributed by atoms with van der Waals surface area (Å²) in [7, 11) is 0. The molecule has 4 fully saturated rings. The molecule has 0 aromatic rings. The van der Waals surface area contributed by atoms with Gasteiger partial charge in [0.05, 0.1) is 12.7 Å².